The second kappa shape index (κ2) is 7.50. The Bertz CT molecular complexity index is 518. The van der Waals surface area contributed by atoms with E-state index >= 15 is 0 Å². The number of hydrogen-bond acceptors (Lipinski definition) is 3. The van der Waals surface area contributed by atoms with Gasteiger partial charge in [-0.15, -0.1) is 11.8 Å². The van der Waals surface area contributed by atoms with E-state index in [1.165, 1.54) is 0 Å². The number of hydrogen-bond donors (Lipinski definition) is 1. The molecule has 2 rings (SSSR count). The molecule has 6 atom stereocenters. The van der Waals surface area contributed by atoms with Crippen LogP contribution in [0.4, 0.5) is 0 Å². The van der Waals surface area contributed by atoms with Gasteiger partial charge in [-0.2, -0.15) is 0 Å². The van der Waals surface area contributed by atoms with E-state index in [-0.39, 0.29) is 39.8 Å². The highest BCUT2D eigenvalue weighted by molar-refractivity contribution is 8.01. The fourth-order valence-corrected chi connectivity index (χ4v) is 6.05. The first-order valence-electron chi connectivity index (χ1n) is 9.87. The summed E-state index contributed by atoms with van der Waals surface area (Å²) in [6.45, 7) is 17.3. The number of nitrogens with one attached hydrogen (secondary N) is 1. The van der Waals surface area contributed by atoms with Crippen molar-refractivity contribution in [1.82, 2.24) is 10.2 Å². The standard InChI is InChI=1S/C20H36N2O2S/c1-9-15(10-2)17(23)21-16-12(4)11(3)13(5)19-22(18(16)24)14(6)20(7,8)25-19/h11-16,19H,9-10H2,1-8H3,(H,21,23). The quantitative estimate of drug-likeness (QED) is 0.819. The topological polar surface area (TPSA) is 49.4 Å². The molecular formula is C20H36N2O2S. The van der Waals surface area contributed by atoms with Crippen molar-refractivity contribution in [2.24, 2.45) is 23.7 Å². The predicted octanol–water partition coefficient (Wildman–Crippen LogP) is 3.90. The zero-order valence-electron chi connectivity index (χ0n) is 17.1. The van der Waals surface area contributed by atoms with Crippen LogP contribution in [0, 0.1) is 23.7 Å². The van der Waals surface area contributed by atoms with E-state index in [9.17, 15) is 9.59 Å². The number of carbonyl (C=O) groups is 2. The molecule has 0 saturated carbocycles. The maximum Gasteiger partial charge on any atom is 0.246 e. The lowest BCUT2D eigenvalue weighted by atomic mass is 9.81. The first-order chi connectivity index (χ1) is 11.6. The van der Waals surface area contributed by atoms with E-state index in [4.69, 9.17) is 0 Å². The summed E-state index contributed by atoms with van der Waals surface area (Å²) in [6, 6.07) is -0.241. The van der Waals surface area contributed by atoms with Crippen LogP contribution in [0.2, 0.25) is 0 Å². The summed E-state index contributed by atoms with van der Waals surface area (Å²) < 4.78 is 0.0405. The van der Waals surface area contributed by atoms with Crippen LogP contribution in [-0.2, 0) is 9.59 Å². The molecule has 0 bridgehead atoms. The lowest BCUT2D eigenvalue weighted by Crippen LogP contribution is -2.55. The van der Waals surface area contributed by atoms with Crippen LogP contribution in [0.5, 0.6) is 0 Å². The molecule has 2 saturated heterocycles. The lowest BCUT2D eigenvalue weighted by Gasteiger charge is -2.33. The van der Waals surface area contributed by atoms with Gasteiger partial charge in [-0.3, -0.25) is 9.59 Å². The Morgan fingerprint density at radius 2 is 1.68 bits per heavy atom. The van der Waals surface area contributed by atoms with E-state index < -0.39 is 6.04 Å². The number of carbonyl (C=O) groups excluding carboxylic acids is 2. The van der Waals surface area contributed by atoms with Crippen LogP contribution in [0.25, 0.3) is 0 Å². The minimum atomic E-state index is -0.410. The maximum atomic E-state index is 13.5. The molecular weight excluding hydrogens is 332 g/mol. The lowest BCUT2D eigenvalue weighted by molar-refractivity contribution is -0.140. The number of nitrogens with zero attached hydrogens (tertiary/aromatic N) is 1. The predicted molar refractivity (Wildman–Crippen MR) is 105 cm³/mol. The summed E-state index contributed by atoms with van der Waals surface area (Å²) >= 11 is 1.92. The molecule has 2 aliphatic heterocycles. The molecule has 2 aliphatic rings. The fraction of sp³-hybridized carbons (Fsp3) is 0.900. The van der Waals surface area contributed by atoms with Crippen molar-refractivity contribution in [1.29, 1.82) is 0 Å². The molecule has 2 fully saturated rings. The Balaban J connectivity index is 2.34. The zero-order chi connectivity index (χ0) is 19.1. The zero-order valence-corrected chi connectivity index (χ0v) is 17.9. The normalized spacial score (nSPS) is 37.8. The molecule has 4 nitrogen and oxygen atoms in total. The molecule has 25 heavy (non-hydrogen) atoms. The maximum absolute atomic E-state index is 13.5. The Labute approximate surface area is 157 Å². The third kappa shape index (κ3) is 3.58. The van der Waals surface area contributed by atoms with E-state index in [1.54, 1.807) is 0 Å². The number of thioether (sulfide) groups is 1. The molecule has 0 spiro atoms. The van der Waals surface area contributed by atoms with Crippen molar-refractivity contribution < 1.29 is 9.59 Å². The number of rotatable bonds is 4. The first-order valence-corrected chi connectivity index (χ1v) is 10.7. The second-order valence-electron chi connectivity index (χ2n) is 8.61. The first kappa shape index (κ1) is 20.6. The van der Waals surface area contributed by atoms with Crippen LogP contribution in [0.15, 0.2) is 0 Å². The summed E-state index contributed by atoms with van der Waals surface area (Å²) in [6.07, 6.45) is 1.63. The van der Waals surface area contributed by atoms with Gasteiger partial charge in [0.1, 0.15) is 6.04 Å². The van der Waals surface area contributed by atoms with Gasteiger partial charge in [-0.05, 0) is 51.4 Å². The largest absolute Gasteiger partial charge is 0.344 e. The fourth-order valence-electron chi connectivity index (χ4n) is 4.25. The third-order valence-corrected chi connectivity index (χ3v) is 8.78. The molecule has 6 unspecified atom stereocenters. The molecule has 144 valence electrons. The van der Waals surface area contributed by atoms with Gasteiger partial charge >= 0.3 is 0 Å². The Morgan fingerprint density at radius 3 is 2.20 bits per heavy atom. The van der Waals surface area contributed by atoms with Crippen LogP contribution < -0.4 is 5.32 Å². The minimum Gasteiger partial charge on any atom is -0.344 e. The average molecular weight is 369 g/mol. The van der Waals surface area contributed by atoms with Gasteiger partial charge in [0.15, 0.2) is 0 Å². The van der Waals surface area contributed by atoms with Crippen molar-refractivity contribution in [3.05, 3.63) is 0 Å². The van der Waals surface area contributed by atoms with Gasteiger partial charge in [-0.1, -0.05) is 34.6 Å². The smallest absolute Gasteiger partial charge is 0.246 e. The van der Waals surface area contributed by atoms with Crippen molar-refractivity contribution in [3.63, 3.8) is 0 Å². The monoisotopic (exact) mass is 368 g/mol. The SMILES string of the molecule is CCC(CC)C(=O)NC1C(=O)N2C(SC(C)(C)C2C)C(C)C(C)C1C. The van der Waals surface area contributed by atoms with Gasteiger partial charge in [0, 0.05) is 16.7 Å². The molecule has 0 radical (unpaired) electrons. The van der Waals surface area contributed by atoms with Gasteiger partial charge in [-0.25, -0.2) is 0 Å². The third-order valence-electron chi connectivity index (χ3n) is 6.93. The van der Waals surface area contributed by atoms with Gasteiger partial charge < -0.3 is 10.2 Å². The van der Waals surface area contributed by atoms with Gasteiger partial charge in [0.25, 0.3) is 0 Å². The van der Waals surface area contributed by atoms with Crippen molar-refractivity contribution >= 4 is 23.6 Å². The highest BCUT2D eigenvalue weighted by Gasteiger charge is 2.54. The molecule has 5 heteroatoms. The molecule has 0 aromatic rings. The molecule has 0 aliphatic carbocycles. The van der Waals surface area contributed by atoms with E-state index in [0.717, 1.165) is 12.8 Å². The van der Waals surface area contributed by atoms with E-state index in [2.05, 4.69) is 51.8 Å². The summed E-state index contributed by atoms with van der Waals surface area (Å²) in [5.74, 6) is 1.06. The molecule has 0 aromatic heterocycles. The molecule has 1 N–H and O–H groups in total. The second-order valence-corrected chi connectivity index (χ2v) is 10.4. The summed E-state index contributed by atoms with van der Waals surface area (Å²) in [5, 5.41) is 3.33. The van der Waals surface area contributed by atoms with Gasteiger partial charge in [0.2, 0.25) is 11.8 Å². The van der Waals surface area contributed by atoms with E-state index in [1.807, 2.05) is 25.6 Å². The highest BCUT2D eigenvalue weighted by Crippen LogP contribution is 2.51. The average Bonchev–Trinajstić information content (AvgIpc) is 2.78. The highest BCUT2D eigenvalue weighted by atomic mass is 32.2. The summed E-state index contributed by atoms with van der Waals surface area (Å²) in [4.78, 5) is 28.2. The van der Waals surface area contributed by atoms with Crippen LogP contribution in [0.1, 0.15) is 68.2 Å². The Morgan fingerprint density at radius 1 is 1.12 bits per heavy atom. The van der Waals surface area contributed by atoms with E-state index in [0.29, 0.717) is 11.8 Å². The van der Waals surface area contributed by atoms with Crippen LogP contribution >= 0.6 is 11.8 Å². The van der Waals surface area contributed by atoms with Gasteiger partial charge in [0.05, 0.1) is 5.37 Å². The summed E-state index contributed by atoms with van der Waals surface area (Å²) in [5.41, 5.74) is 0. The summed E-state index contributed by atoms with van der Waals surface area (Å²) in [7, 11) is 0. The Kier molecular flexibility index (Phi) is 6.18. The molecule has 2 amide bonds. The van der Waals surface area contributed by atoms with Crippen molar-refractivity contribution in [2.75, 3.05) is 0 Å². The van der Waals surface area contributed by atoms with Crippen molar-refractivity contribution in [3.8, 4) is 0 Å². The minimum absolute atomic E-state index is 0.00593. The van der Waals surface area contributed by atoms with Crippen molar-refractivity contribution in [2.45, 2.75) is 90.4 Å². The molecule has 0 aromatic carbocycles. The number of amides is 2. The van der Waals surface area contributed by atoms with Crippen LogP contribution in [0.3, 0.4) is 0 Å². The van der Waals surface area contributed by atoms with Crippen LogP contribution in [-0.4, -0.2) is 38.9 Å². The Hall–Kier alpha value is -0.710. The molecule has 2 heterocycles. The number of fused-ring (bicyclic) bond motifs is 1.